The molecule has 0 aliphatic carbocycles. The van der Waals surface area contributed by atoms with Gasteiger partial charge in [0.05, 0.1) is 17.6 Å². The largest absolute Gasteiger partial charge is 0.491 e. The van der Waals surface area contributed by atoms with E-state index < -0.39 is 9.84 Å². The fourth-order valence-corrected chi connectivity index (χ4v) is 4.52. The van der Waals surface area contributed by atoms with Crippen molar-refractivity contribution in [3.63, 3.8) is 0 Å². The minimum atomic E-state index is -2.99. The molecule has 1 N–H and O–H groups in total. The van der Waals surface area contributed by atoms with Crippen molar-refractivity contribution < 1.29 is 22.7 Å². The fourth-order valence-electron chi connectivity index (χ4n) is 2.85. The first kappa shape index (κ1) is 16.3. The van der Waals surface area contributed by atoms with E-state index in [0.717, 1.165) is 19.4 Å². The monoisotopic (exact) mass is 339 g/mol. The summed E-state index contributed by atoms with van der Waals surface area (Å²) in [5.74, 6) is 0.619. The van der Waals surface area contributed by atoms with E-state index in [1.807, 2.05) is 0 Å². The Labute approximate surface area is 136 Å². The minimum absolute atomic E-state index is 0.0291. The molecule has 3 rings (SSSR count). The molecule has 2 aliphatic rings. The summed E-state index contributed by atoms with van der Waals surface area (Å²) in [5, 5.41) is 2.77. The number of carbonyl (C=O) groups excluding carboxylic acids is 1. The first-order valence-electron chi connectivity index (χ1n) is 7.88. The zero-order valence-electron chi connectivity index (χ0n) is 12.9. The Morgan fingerprint density at radius 3 is 2.65 bits per heavy atom. The molecule has 0 aromatic heterocycles. The molecule has 1 aromatic rings. The molecule has 23 heavy (non-hydrogen) atoms. The van der Waals surface area contributed by atoms with Crippen LogP contribution < -0.4 is 10.1 Å². The molecule has 0 saturated carbocycles. The Hall–Kier alpha value is -1.60. The average molecular weight is 339 g/mol. The minimum Gasteiger partial charge on any atom is -0.491 e. The van der Waals surface area contributed by atoms with Crippen molar-refractivity contribution in [1.82, 2.24) is 5.32 Å². The third kappa shape index (κ3) is 4.45. The van der Waals surface area contributed by atoms with E-state index in [-0.39, 0.29) is 29.6 Å². The normalized spacial score (nSPS) is 26.1. The van der Waals surface area contributed by atoms with Gasteiger partial charge in [0.15, 0.2) is 9.84 Å². The first-order valence-corrected chi connectivity index (χ1v) is 9.70. The lowest BCUT2D eigenvalue weighted by Crippen LogP contribution is -2.35. The van der Waals surface area contributed by atoms with E-state index in [9.17, 15) is 13.2 Å². The lowest BCUT2D eigenvalue weighted by Gasteiger charge is -2.13. The van der Waals surface area contributed by atoms with Crippen molar-refractivity contribution in [1.29, 1.82) is 0 Å². The predicted molar refractivity (Wildman–Crippen MR) is 85.4 cm³/mol. The molecular formula is C16H21NO5S. The summed E-state index contributed by atoms with van der Waals surface area (Å²) in [6.07, 6.45) is 2.73. The molecule has 2 atom stereocenters. The van der Waals surface area contributed by atoms with Crippen LogP contribution in [0.15, 0.2) is 24.3 Å². The first-order chi connectivity index (χ1) is 11.0. The van der Waals surface area contributed by atoms with Gasteiger partial charge in [-0.3, -0.25) is 4.79 Å². The fraction of sp³-hybridized carbons (Fsp3) is 0.562. The van der Waals surface area contributed by atoms with Gasteiger partial charge >= 0.3 is 0 Å². The van der Waals surface area contributed by atoms with Crippen LogP contribution in [0.25, 0.3) is 0 Å². The van der Waals surface area contributed by atoms with E-state index in [0.29, 0.717) is 24.3 Å². The van der Waals surface area contributed by atoms with Gasteiger partial charge in [0, 0.05) is 18.2 Å². The van der Waals surface area contributed by atoms with Gasteiger partial charge in [-0.2, -0.15) is 0 Å². The number of sulfone groups is 1. The quantitative estimate of drug-likeness (QED) is 0.871. The van der Waals surface area contributed by atoms with Crippen molar-refractivity contribution in [3.05, 3.63) is 29.8 Å². The summed E-state index contributed by atoms with van der Waals surface area (Å²) >= 11 is 0. The van der Waals surface area contributed by atoms with Crippen molar-refractivity contribution in [2.75, 3.05) is 24.7 Å². The Morgan fingerprint density at radius 1 is 1.26 bits per heavy atom. The lowest BCUT2D eigenvalue weighted by atomic mass is 10.2. The molecule has 6 nitrogen and oxygen atoms in total. The zero-order valence-corrected chi connectivity index (χ0v) is 13.7. The average Bonchev–Trinajstić information content (AvgIpc) is 3.15. The van der Waals surface area contributed by atoms with E-state index in [1.54, 1.807) is 24.3 Å². The van der Waals surface area contributed by atoms with Gasteiger partial charge in [-0.25, -0.2) is 8.42 Å². The van der Waals surface area contributed by atoms with Crippen molar-refractivity contribution in [2.45, 2.75) is 31.4 Å². The summed E-state index contributed by atoms with van der Waals surface area (Å²) in [5.41, 5.74) is 0.499. The Kier molecular flexibility index (Phi) is 4.87. The molecule has 2 aliphatic heterocycles. The molecule has 2 heterocycles. The molecule has 0 bridgehead atoms. The predicted octanol–water partition coefficient (Wildman–Crippen LogP) is 1.16. The van der Waals surface area contributed by atoms with Crippen LogP contribution in [0, 0.1) is 0 Å². The third-order valence-electron chi connectivity index (χ3n) is 4.14. The van der Waals surface area contributed by atoms with Gasteiger partial charge in [-0.05, 0) is 43.5 Å². The number of nitrogens with one attached hydrogen (secondary N) is 1. The van der Waals surface area contributed by atoms with Gasteiger partial charge in [-0.15, -0.1) is 0 Å². The highest BCUT2D eigenvalue weighted by atomic mass is 32.2. The van der Waals surface area contributed by atoms with Gasteiger partial charge in [0.25, 0.3) is 5.91 Å². The number of hydrogen-bond donors (Lipinski definition) is 1. The maximum absolute atomic E-state index is 12.1. The molecule has 2 saturated heterocycles. The van der Waals surface area contributed by atoms with Crippen LogP contribution in [0.5, 0.6) is 5.75 Å². The summed E-state index contributed by atoms with van der Waals surface area (Å²) < 4.78 is 34.0. The van der Waals surface area contributed by atoms with Crippen molar-refractivity contribution in [2.24, 2.45) is 0 Å². The Balaban J connectivity index is 1.51. The van der Waals surface area contributed by atoms with Gasteiger partial charge < -0.3 is 14.8 Å². The highest BCUT2D eigenvalue weighted by Gasteiger charge is 2.29. The van der Waals surface area contributed by atoms with Crippen LogP contribution >= 0.6 is 0 Å². The number of amides is 1. The molecule has 0 spiro atoms. The maximum atomic E-state index is 12.1. The number of carbonyl (C=O) groups is 1. The second kappa shape index (κ2) is 6.88. The molecule has 1 amide bonds. The summed E-state index contributed by atoms with van der Waals surface area (Å²) in [7, 11) is -2.99. The van der Waals surface area contributed by atoms with Crippen LogP contribution in [0.2, 0.25) is 0 Å². The van der Waals surface area contributed by atoms with Crippen LogP contribution in [0.3, 0.4) is 0 Å². The standard InChI is InChI=1S/C16H21NO5S/c18-16(17-13-7-9-23(19,20)11-13)12-3-5-14(6-4-12)22-10-15-2-1-8-21-15/h3-6,13,15H,1-2,7-11H2,(H,17,18)/t13-,15-/m0/s1. The van der Waals surface area contributed by atoms with Crippen LogP contribution in [0.4, 0.5) is 0 Å². The van der Waals surface area contributed by atoms with Crippen molar-refractivity contribution >= 4 is 15.7 Å². The number of rotatable bonds is 5. The highest BCUT2D eigenvalue weighted by molar-refractivity contribution is 7.91. The van der Waals surface area contributed by atoms with Crippen molar-refractivity contribution in [3.8, 4) is 5.75 Å². The van der Waals surface area contributed by atoms with Crippen LogP contribution in [-0.4, -0.2) is 51.2 Å². The number of hydrogen-bond acceptors (Lipinski definition) is 5. The maximum Gasteiger partial charge on any atom is 0.251 e. The highest BCUT2D eigenvalue weighted by Crippen LogP contribution is 2.17. The van der Waals surface area contributed by atoms with E-state index in [1.165, 1.54) is 0 Å². The summed E-state index contributed by atoms with van der Waals surface area (Å²) in [6, 6.07) is 6.57. The molecule has 2 fully saturated rings. The van der Waals surface area contributed by atoms with E-state index in [2.05, 4.69) is 5.32 Å². The number of benzene rings is 1. The molecule has 0 unspecified atom stereocenters. The van der Waals surface area contributed by atoms with Crippen LogP contribution in [-0.2, 0) is 14.6 Å². The molecule has 126 valence electrons. The Morgan fingerprint density at radius 2 is 2.04 bits per heavy atom. The SMILES string of the molecule is O=C(N[C@H]1CCS(=O)(=O)C1)c1ccc(OC[C@@H]2CCCO2)cc1. The van der Waals surface area contributed by atoms with E-state index >= 15 is 0 Å². The number of ether oxygens (including phenoxy) is 2. The summed E-state index contributed by atoms with van der Waals surface area (Å²) in [4.78, 5) is 12.1. The van der Waals surface area contributed by atoms with Gasteiger partial charge in [0.1, 0.15) is 12.4 Å². The van der Waals surface area contributed by atoms with Gasteiger partial charge in [0.2, 0.25) is 0 Å². The second-order valence-corrected chi connectivity index (χ2v) is 8.27. The Bertz CT molecular complexity index is 650. The molecule has 7 heteroatoms. The lowest BCUT2D eigenvalue weighted by molar-refractivity contribution is 0.0679. The van der Waals surface area contributed by atoms with E-state index in [4.69, 9.17) is 9.47 Å². The topological polar surface area (TPSA) is 81.7 Å². The summed E-state index contributed by atoms with van der Waals surface area (Å²) in [6.45, 7) is 1.31. The second-order valence-electron chi connectivity index (χ2n) is 6.04. The smallest absolute Gasteiger partial charge is 0.251 e. The van der Waals surface area contributed by atoms with Gasteiger partial charge in [-0.1, -0.05) is 0 Å². The third-order valence-corrected chi connectivity index (χ3v) is 5.91. The van der Waals surface area contributed by atoms with Crippen LogP contribution in [0.1, 0.15) is 29.6 Å². The molecular weight excluding hydrogens is 318 g/mol. The molecule has 0 radical (unpaired) electrons. The zero-order chi connectivity index (χ0) is 16.3. The molecule has 1 aromatic carbocycles.